The molecule has 0 spiro atoms. The number of aliphatic hydroxyl groups excluding tert-OH is 1. The Hall–Kier alpha value is -2.17. The number of anilines is 1. The molecule has 7 heteroatoms. The van der Waals surface area contributed by atoms with Crippen LogP contribution in [0.25, 0.3) is 0 Å². The van der Waals surface area contributed by atoms with Crippen molar-refractivity contribution < 1.29 is 9.90 Å². The lowest BCUT2D eigenvalue weighted by atomic mass is 10.5. The highest BCUT2D eigenvalue weighted by atomic mass is 32.1. The van der Waals surface area contributed by atoms with Gasteiger partial charge in [0.15, 0.2) is 5.13 Å². The number of rotatable bonds is 3. The fourth-order valence-electron chi connectivity index (χ4n) is 1.22. The van der Waals surface area contributed by atoms with Gasteiger partial charge in [0, 0.05) is 12.4 Å². The van der Waals surface area contributed by atoms with Gasteiger partial charge in [0.25, 0.3) is 0 Å². The highest BCUT2D eigenvalue weighted by molar-refractivity contribution is 7.16. The Morgan fingerprint density at radius 1 is 1.61 bits per heavy atom. The minimum absolute atomic E-state index is 0.143. The number of hydrogen-bond acceptors (Lipinski definition) is 5. The quantitative estimate of drug-likeness (QED) is 0.781. The third-order valence-electron chi connectivity index (χ3n) is 1.91. The van der Waals surface area contributed by atoms with Crippen molar-refractivity contribution in [2.75, 3.05) is 11.9 Å². The molecule has 2 heterocycles. The van der Waals surface area contributed by atoms with E-state index in [1.165, 1.54) is 16.0 Å². The van der Waals surface area contributed by atoms with Gasteiger partial charge < -0.3 is 10.4 Å². The van der Waals surface area contributed by atoms with Gasteiger partial charge >= 0.3 is 0 Å². The smallest absolute Gasteiger partial charge is 0.247 e. The van der Waals surface area contributed by atoms with Crippen LogP contribution in [0.15, 0.2) is 24.7 Å². The second-order valence-electron chi connectivity index (χ2n) is 3.24. The minimum Gasteiger partial charge on any atom is -0.384 e. The van der Waals surface area contributed by atoms with Gasteiger partial charge in [-0.1, -0.05) is 23.2 Å². The Labute approximate surface area is 107 Å². The Bertz CT molecular complexity index is 580. The lowest BCUT2D eigenvalue weighted by molar-refractivity contribution is -0.116. The van der Waals surface area contributed by atoms with Gasteiger partial charge in [-0.15, -0.1) is 0 Å². The molecule has 2 N–H and O–H groups in total. The van der Waals surface area contributed by atoms with E-state index in [9.17, 15) is 4.79 Å². The van der Waals surface area contributed by atoms with Crippen LogP contribution in [0.4, 0.5) is 5.13 Å². The third-order valence-corrected chi connectivity index (χ3v) is 2.74. The number of amides is 1. The molecule has 18 heavy (non-hydrogen) atoms. The first kappa shape index (κ1) is 12.3. The minimum atomic E-state index is -0.199. The zero-order chi connectivity index (χ0) is 12.8. The van der Waals surface area contributed by atoms with Gasteiger partial charge in [0.05, 0.1) is 11.1 Å². The zero-order valence-corrected chi connectivity index (χ0v) is 10.1. The highest BCUT2D eigenvalue weighted by Crippen LogP contribution is 2.16. The Morgan fingerprint density at radius 3 is 3.22 bits per heavy atom. The Morgan fingerprint density at radius 2 is 2.50 bits per heavy atom. The number of carbonyl (C=O) groups excluding carboxylic acids is 1. The Kier molecular flexibility index (Phi) is 4.06. The number of aliphatic hydroxyl groups is 1. The molecular formula is C11H10N4O2S. The molecule has 92 valence electrons. The van der Waals surface area contributed by atoms with Crippen molar-refractivity contribution in [1.82, 2.24) is 14.8 Å². The fraction of sp³-hybridized carbons (Fsp3) is 0.182. The van der Waals surface area contributed by atoms with E-state index >= 15 is 0 Å². The molecule has 0 saturated heterocycles. The van der Waals surface area contributed by atoms with Crippen molar-refractivity contribution in [2.24, 2.45) is 0 Å². The van der Waals surface area contributed by atoms with E-state index in [2.05, 4.69) is 27.2 Å². The molecule has 0 fully saturated rings. The van der Waals surface area contributed by atoms with E-state index in [4.69, 9.17) is 5.11 Å². The standard InChI is InChI=1S/C11H10N4O2S/c16-6-1-3-9-7-12-11(18-9)14-10(17)8-15-5-2-4-13-15/h2,4-5,7,16H,6,8H2,(H,12,14,17). The van der Waals surface area contributed by atoms with Crippen molar-refractivity contribution >= 4 is 22.4 Å². The third kappa shape index (κ3) is 3.41. The van der Waals surface area contributed by atoms with E-state index in [1.54, 1.807) is 24.7 Å². The average molecular weight is 262 g/mol. The molecule has 0 aliphatic carbocycles. The van der Waals surface area contributed by atoms with Crippen molar-refractivity contribution in [3.63, 3.8) is 0 Å². The van der Waals surface area contributed by atoms with Gasteiger partial charge in [0.1, 0.15) is 13.2 Å². The first-order valence-corrected chi connectivity index (χ1v) is 5.92. The van der Waals surface area contributed by atoms with E-state index < -0.39 is 0 Å². The molecular weight excluding hydrogens is 252 g/mol. The maximum absolute atomic E-state index is 11.6. The molecule has 0 aliphatic heterocycles. The summed E-state index contributed by atoms with van der Waals surface area (Å²) < 4.78 is 1.52. The maximum atomic E-state index is 11.6. The number of aromatic nitrogens is 3. The summed E-state index contributed by atoms with van der Waals surface area (Å²) in [6, 6.07) is 1.75. The summed E-state index contributed by atoms with van der Waals surface area (Å²) in [6.45, 7) is -0.0525. The van der Waals surface area contributed by atoms with Crippen LogP contribution in [-0.4, -0.2) is 32.4 Å². The SMILES string of the molecule is O=C(Cn1cccn1)Nc1ncc(C#CCO)s1. The molecule has 6 nitrogen and oxygen atoms in total. The van der Waals surface area contributed by atoms with Crippen molar-refractivity contribution in [3.8, 4) is 11.8 Å². The Balaban J connectivity index is 1.93. The summed E-state index contributed by atoms with van der Waals surface area (Å²) >= 11 is 1.26. The molecule has 2 rings (SSSR count). The van der Waals surface area contributed by atoms with Gasteiger partial charge in [-0.25, -0.2) is 4.98 Å². The molecule has 0 saturated carbocycles. The summed E-state index contributed by atoms with van der Waals surface area (Å²) in [7, 11) is 0. The molecule has 2 aromatic rings. The summed E-state index contributed by atoms with van der Waals surface area (Å²) in [5, 5.41) is 15.6. The van der Waals surface area contributed by atoms with E-state index in [0.29, 0.717) is 10.0 Å². The number of thiazole rings is 1. The summed E-state index contributed by atoms with van der Waals surface area (Å²) in [5.41, 5.74) is 0. The summed E-state index contributed by atoms with van der Waals surface area (Å²) in [6.07, 6.45) is 4.87. The summed E-state index contributed by atoms with van der Waals surface area (Å²) in [4.78, 5) is 16.3. The second-order valence-corrected chi connectivity index (χ2v) is 4.27. The number of carbonyl (C=O) groups is 1. The fourth-order valence-corrected chi connectivity index (χ4v) is 1.92. The van der Waals surface area contributed by atoms with Crippen LogP contribution in [-0.2, 0) is 11.3 Å². The van der Waals surface area contributed by atoms with Crippen LogP contribution in [0.3, 0.4) is 0 Å². The van der Waals surface area contributed by atoms with Gasteiger partial charge in [-0.2, -0.15) is 5.10 Å². The molecule has 2 aromatic heterocycles. The first-order valence-electron chi connectivity index (χ1n) is 5.11. The van der Waals surface area contributed by atoms with Crippen LogP contribution < -0.4 is 5.32 Å². The summed E-state index contributed by atoms with van der Waals surface area (Å²) in [5.74, 6) is 5.04. The van der Waals surface area contributed by atoms with Crippen LogP contribution in [0, 0.1) is 11.8 Å². The largest absolute Gasteiger partial charge is 0.384 e. The monoisotopic (exact) mass is 262 g/mol. The predicted molar refractivity (Wildman–Crippen MR) is 66.9 cm³/mol. The molecule has 0 atom stereocenters. The molecule has 0 bridgehead atoms. The average Bonchev–Trinajstić information content (AvgIpc) is 2.98. The number of nitrogens with zero attached hydrogens (tertiary/aromatic N) is 3. The number of hydrogen-bond donors (Lipinski definition) is 2. The molecule has 0 radical (unpaired) electrons. The zero-order valence-electron chi connectivity index (χ0n) is 9.33. The topological polar surface area (TPSA) is 80.0 Å². The van der Waals surface area contributed by atoms with E-state index in [-0.39, 0.29) is 19.1 Å². The molecule has 0 unspecified atom stereocenters. The van der Waals surface area contributed by atoms with Crippen molar-refractivity contribution in [2.45, 2.75) is 6.54 Å². The van der Waals surface area contributed by atoms with Crippen LogP contribution in [0.1, 0.15) is 4.88 Å². The van der Waals surface area contributed by atoms with Gasteiger partial charge in [-0.05, 0) is 6.07 Å². The predicted octanol–water partition coefficient (Wildman–Crippen LogP) is 0.322. The lowest BCUT2D eigenvalue weighted by Crippen LogP contribution is -2.18. The van der Waals surface area contributed by atoms with Gasteiger partial charge in [-0.3, -0.25) is 9.48 Å². The maximum Gasteiger partial charge on any atom is 0.247 e. The highest BCUT2D eigenvalue weighted by Gasteiger charge is 2.06. The van der Waals surface area contributed by atoms with Crippen molar-refractivity contribution in [1.29, 1.82) is 0 Å². The molecule has 1 amide bonds. The molecule has 0 aliphatic rings. The normalized spacial score (nSPS) is 9.61. The van der Waals surface area contributed by atoms with E-state index in [0.717, 1.165) is 0 Å². The molecule has 0 aromatic carbocycles. The second kappa shape index (κ2) is 5.95. The number of nitrogens with one attached hydrogen (secondary N) is 1. The van der Waals surface area contributed by atoms with Crippen LogP contribution in [0.2, 0.25) is 0 Å². The van der Waals surface area contributed by atoms with E-state index in [1.807, 2.05) is 0 Å². The first-order chi connectivity index (χ1) is 8.78. The lowest BCUT2D eigenvalue weighted by Gasteiger charge is -2.00. The van der Waals surface area contributed by atoms with Crippen LogP contribution >= 0.6 is 11.3 Å². The van der Waals surface area contributed by atoms with Crippen molar-refractivity contribution in [3.05, 3.63) is 29.5 Å². The van der Waals surface area contributed by atoms with Crippen LogP contribution in [0.5, 0.6) is 0 Å². The van der Waals surface area contributed by atoms with Gasteiger partial charge in [0.2, 0.25) is 5.91 Å².